The van der Waals surface area contributed by atoms with Crippen LogP contribution in [0, 0.1) is 10.9 Å². The molecule has 3 nitrogen and oxygen atoms in total. The Morgan fingerprint density at radius 3 is 2.71 bits per heavy atom. The van der Waals surface area contributed by atoms with E-state index in [9.17, 15) is 4.79 Å². The first-order valence-corrected chi connectivity index (χ1v) is 7.24. The number of hydrogen-bond acceptors (Lipinski definition) is 3. The lowest BCUT2D eigenvalue weighted by Gasteiger charge is -2.24. The van der Waals surface area contributed by atoms with Gasteiger partial charge in [-0.25, -0.2) is 0 Å². The fourth-order valence-electron chi connectivity index (χ4n) is 2.36. The standard InChI is InChI=1S/C12H18N2OS2/c1-8-10(17-12(16)13-8)7-11(15)14(2)9-5-3-4-6-9/h9H,3-7H2,1-2H3,(H,13,16). The van der Waals surface area contributed by atoms with Crippen LogP contribution < -0.4 is 0 Å². The Kier molecular flexibility index (Phi) is 3.99. The summed E-state index contributed by atoms with van der Waals surface area (Å²) in [6.45, 7) is 1.98. The first kappa shape index (κ1) is 12.8. The van der Waals surface area contributed by atoms with E-state index in [0.717, 1.165) is 27.4 Å². The van der Waals surface area contributed by atoms with E-state index in [1.165, 1.54) is 24.2 Å². The van der Waals surface area contributed by atoms with Gasteiger partial charge >= 0.3 is 0 Å². The van der Waals surface area contributed by atoms with Gasteiger partial charge in [0, 0.05) is 23.7 Å². The molecular weight excluding hydrogens is 252 g/mol. The van der Waals surface area contributed by atoms with E-state index in [0.29, 0.717) is 12.5 Å². The van der Waals surface area contributed by atoms with Crippen LogP contribution in [-0.4, -0.2) is 28.9 Å². The highest BCUT2D eigenvalue weighted by Gasteiger charge is 2.23. The molecule has 1 aromatic rings. The van der Waals surface area contributed by atoms with Crippen molar-refractivity contribution >= 4 is 29.5 Å². The zero-order valence-electron chi connectivity index (χ0n) is 10.3. The summed E-state index contributed by atoms with van der Waals surface area (Å²) in [5, 5.41) is 0. The minimum absolute atomic E-state index is 0.213. The molecule has 1 amide bonds. The van der Waals surface area contributed by atoms with Gasteiger partial charge in [0.15, 0.2) is 3.95 Å². The number of thiazole rings is 1. The van der Waals surface area contributed by atoms with Crippen LogP contribution in [0.4, 0.5) is 0 Å². The van der Waals surface area contributed by atoms with Gasteiger partial charge in [0.05, 0.1) is 6.42 Å². The lowest BCUT2D eigenvalue weighted by atomic mass is 10.2. The summed E-state index contributed by atoms with van der Waals surface area (Å²) in [4.78, 5) is 18.2. The summed E-state index contributed by atoms with van der Waals surface area (Å²) in [6, 6.07) is 0.453. The van der Waals surface area contributed by atoms with Crippen LogP contribution in [0.5, 0.6) is 0 Å². The van der Waals surface area contributed by atoms with Gasteiger partial charge in [0.25, 0.3) is 0 Å². The number of nitrogens with zero attached hydrogens (tertiary/aromatic N) is 1. The molecule has 1 fully saturated rings. The molecule has 1 aliphatic rings. The number of carbonyl (C=O) groups is 1. The molecule has 0 aromatic carbocycles. The lowest BCUT2D eigenvalue weighted by molar-refractivity contribution is -0.131. The first-order chi connectivity index (χ1) is 8.08. The van der Waals surface area contributed by atoms with E-state index >= 15 is 0 Å². The summed E-state index contributed by atoms with van der Waals surface area (Å²) < 4.78 is 0.758. The average molecular weight is 270 g/mol. The summed E-state index contributed by atoms with van der Waals surface area (Å²) in [5.74, 6) is 0.213. The van der Waals surface area contributed by atoms with Crippen LogP contribution in [0.15, 0.2) is 0 Å². The summed E-state index contributed by atoms with van der Waals surface area (Å²) in [5.41, 5.74) is 1.04. The molecule has 1 N–H and O–H groups in total. The van der Waals surface area contributed by atoms with Crippen LogP contribution in [0.2, 0.25) is 0 Å². The highest BCUT2D eigenvalue weighted by molar-refractivity contribution is 7.73. The van der Waals surface area contributed by atoms with Crippen molar-refractivity contribution in [3.05, 3.63) is 14.5 Å². The number of aromatic amines is 1. The van der Waals surface area contributed by atoms with Crippen LogP contribution in [0.3, 0.4) is 0 Å². The van der Waals surface area contributed by atoms with E-state index in [-0.39, 0.29) is 5.91 Å². The second kappa shape index (κ2) is 5.31. The predicted molar refractivity (Wildman–Crippen MR) is 73.0 cm³/mol. The number of likely N-dealkylation sites (N-methyl/N-ethyl adjacent to an activating group) is 1. The molecule has 0 aliphatic heterocycles. The molecule has 0 saturated heterocycles. The molecule has 17 heavy (non-hydrogen) atoms. The second-order valence-corrected chi connectivity index (χ2v) is 6.45. The van der Waals surface area contributed by atoms with E-state index in [1.54, 1.807) is 0 Å². The van der Waals surface area contributed by atoms with Crippen molar-refractivity contribution in [2.75, 3.05) is 7.05 Å². The summed E-state index contributed by atoms with van der Waals surface area (Å²) >= 11 is 6.60. The van der Waals surface area contributed by atoms with Crippen molar-refractivity contribution in [2.24, 2.45) is 0 Å². The maximum Gasteiger partial charge on any atom is 0.227 e. The number of amides is 1. The van der Waals surface area contributed by atoms with Gasteiger partial charge in [-0.05, 0) is 32.0 Å². The number of H-pyrrole nitrogens is 1. The number of carbonyl (C=O) groups excluding carboxylic acids is 1. The number of hydrogen-bond donors (Lipinski definition) is 1. The van der Waals surface area contributed by atoms with Crippen LogP contribution in [0.1, 0.15) is 36.3 Å². The average Bonchev–Trinajstić information content (AvgIpc) is 2.88. The number of aryl methyl sites for hydroxylation is 1. The minimum atomic E-state index is 0.213. The SMILES string of the molecule is Cc1[nH]c(=S)sc1CC(=O)N(C)C1CCCC1. The quantitative estimate of drug-likeness (QED) is 0.857. The zero-order chi connectivity index (χ0) is 12.4. The molecule has 1 saturated carbocycles. The van der Waals surface area contributed by atoms with Crippen molar-refractivity contribution in [2.45, 2.75) is 45.1 Å². The maximum atomic E-state index is 12.1. The Balaban J connectivity index is 2.01. The number of nitrogens with one attached hydrogen (secondary N) is 1. The van der Waals surface area contributed by atoms with Crippen molar-refractivity contribution in [3.8, 4) is 0 Å². The molecule has 1 aliphatic carbocycles. The van der Waals surface area contributed by atoms with Gasteiger partial charge in [-0.3, -0.25) is 4.79 Å². The van der Waals surface area contributed by atoms with Crippen LogP contribution >= 0.6 is 23.6 Å². The Labute approximate surface area is 111 Å². The van der Waals surface area contributed by atoms with Gasteiger partial charge in [0.2, 0.25) is 5.91 Å². The topological polar surface area (TPSA) is 36.1 Å². The maximum absolute atomic E-state index is 12.1. The van der Waals surface area contributed by atoms with E-state index in [4.69, 9.17) is 12.2 Å². The molecule has 0 unspecified atom stereocenters. The van der Waals surface area contributed by atoms with E-state index < -0.39 is 0 Å². The smallest absolute Gasteiger partial charge is 0.227 e. The second-order valence-electron chi connectivity index (χ2n) is 4.68. The number of rotatable bonds is 3. The third kappa shape index (κ3) is 2.96. The molecule has 2 rings (SSSR count). The molecule has 1 heterocycles. The van der Waals surface area contributed by atoms with E-state index in [2.05, 4.69) is 4.98 Å². The third-order valence-electron chi connectivity index (χ3n) is 3.50. The minimum Gasteiger partial charge on any atom is -0.342 e. The summed E-state index contributed by atoms with van der Waals surface area (Å²) in [7, 11) is 1.93. The van der Waals surface area contributed by atoms with Crippen LogP contribution in [0.25, 0.3) is 0 Å². The van der Waals surface area contributed by atoms with Crippen LogP contribution in [-0.2, 0) is 11.2 Å². The Bertz CT molecular complexity index is 457. The van der Waals surface area contributed by atoms with Gasteiger partial charge in [0.1, 0.15) is 0 Å². The molecule has 0 atom stereocenters. The molecule has 1 aromatic heterocycles. The monoisotopic (exact) mass is 270 g/mol. The van der Waals surface area contributed by atoms with Crippen molar-refractivity contribution in [1.29, 1.82) is 0 Å². The molecular formula is C12H18N2OS2. The van der Waals surface area contributed by atoms with E-state index in [1.807, 2.05) is 18.9 Å². The predicted octanol–water partition coefficient (Wildman–Crippen LogP) is 3.06. The largest absolute Gasteiger partial charge is 0.342 e. The molecule has 0 spiro atoms. The van der Waals surface area contributed by atoms with Gasteiger partial charge in [-0.15, -0.1) is 11.3 Å². The van der Waals surface area contributed by atoms with Crippen molar-refractivity contribution in [3.63, 3.8) is 0 Å². The summed E-state index contributed by atoms with van der Waals surface area (Å²) in [6.07, 6.45) is 5.31. The van der Waals surface area contributed by atoms with Gasteiger partial charge in [-0.2, -0.15) is 0 Å². The van der Waals surface area contributed by atoms with Crippen molar-refractivity contribution in [1.82, 2.24) is 9.88 Å². The zero-order valence-corrected chi connectivity index (χ0v) is 11.9. The highest BCUT2D eigenvalue weighted by atomic mass is 32.1. The van der Waals surface area contributed by atoms with Crippen molar-refractivity contribution < 1.29 is 4.79 Å². The molecule has 94 valence electrons. The Hall–Kier alpha value is -0.680. The third-order valence-corrected chi connectivity index (χ3v) is 4.84. The molecule has 0 radical (unpaired) electrons. The fourth-order valence-corrected chi connectivity index (χ4v) is 3.65. The molecule has 5 heteroatoms. The highest BCUT2D eigenvalue weighted by Crippen LogP contribution is 2.23. The Morgan fingerprint density at radius 2 is 2.18 bits per heavy atom. The first-order valence-electron chi connectivity index (χ1n) is 6.02. The molecule has 0 bridgehead atoms. The van der Waals surface area contributed by atoms with Gasteiger partial charge < -0.3 is 9.88 Å². The lowest BCUT2D eigenvalue weighted by Crippen LogP contribution is -2.36. The normalized spacial score (nSPS) is 16.4. The fraction of sp³-hybridized carbons (Fsp3) is 0.667. The van der Waals surface area contributed by atoms with Gasteiger partial charge in [-0.1, -0.05) is 12.8 Å². The number of aromatic nitrogens is 1. The Morgan fingerprint density at radius 1 is 1.53 bits per heavy atom.